The smallest absolute Gasteiger partial charge is 0.178 e. The van der Waals surface area contributed by atoms with Gasteiger partial charge in [-0.1, -0.05) is 36.7 Å². The number of thiophene rings is 1. The van der Waals surface area contributed by atoms with E-state index >= 15 is 0 Å². The number of ether oxygens (including phenoxy) is 1. The SMILES string of the molecule is CCC(=O)Cc1ccc2c(c1)OCCc1cc(-c3nncn3-c3ccccc3Cl)sc1-2. The number of aromatic nitrogens is 3. The molecule has 0 fully saturated rings. The van der Waals surface area contributed by atoms with Gasteiger partial charge in [0.25, 0.3) is 0 Å². The zero-order chi connectivity index (χ0) is 21.4. The molecule has 0 radical (unpaired) electrons. The summed E-state index contributed by atoms with van der Waals surface area (Å²) in [5, 5.41) is 9.16. The maximum atomic E-state index is 11.9. The molecule has 0 bridgehead atoms. The van der Waals surface area contributed by atoms with Crippen LogP contribution in [0.1, 0.15) is 24.5 Å². The standard InChI is InChI=1S/C24H20ClN3O2S/c1-2-17(29)11-15-7-8-18-21(12-15)30-10-9-16-13-22(31-23(16)18)24-27-26-14-28(24)20-6-4-3-5-19(20)25/h3-8,12-14H,2,9-11H2,1H3. The molecular formula is C24H20ClN3O2S. The largest absolute Gasteiger partial charge is 0.493 e. The average Bonchev–Trinajstić information content (AvgIpc) is 3.38. The minimum atomic E-state index is 0.228. The third-order valence-electron chi connectivity index (χ3n) is 5.40. The minimum Gasteiger partial charge on any atom is -0.493 e. The van der Waals surface area contributed by atoms with E-state index in [0.29, 0.717) is 24.5 Å². The van der Waals surface area contributed by atoms with E-state index < -0.39 is 0 Å². The van der Waals surface area contributed by atoms with Crippen molar-refractivity contribution >= 4 is 28.7 Å². The number of carbonyl (C=O) groups is 1. The van der Waals surface area contributed by atoms with Crippen LogP contribution in [0.25, 0.3) is 26.8 Å². The number of halogens is 1. The molecule has 4 aromatic rings. The molecule has 7 heteroatoms. The summed E-state index contributed by atoms with van der Waals surface area (Å²) in [6, 6.07) is 15.9. The van der Waals surface area contributed by atoms with Gasteiger partial charge in [-0.05, 0) is 41.5 Å². The topological polar surface area (TPSA) is 57.0 Å². The van der Waals surface area contributed by atoms with Gasteiger partial charge in [-0.15, -0.1) is 21.5 Å². The van der Waals surface area contributed by atoms with E-state index in [4.69, 9.17) is 16.3 Å². The average molecular weight is 450 g/mol. The Morgan fingerprint density at radius 2 is 2.10 bits per heavy atom. The molecule has 3 heterocycles. The van der Waals surface area contributed by atoms with E-state index in [9.17, 15) is 4.79 Å². The quantitative estimate of drug-likeness (QED) is 0.388. The third kappa shape index (κ3) is 3.77. The zero-order valence-corrected chi connectivity index (χ0v) is 18.5. The molecule has 0 aliphatic carbocycles. The van der Waals surface area contributed by atoms with Crippen LogP contribution in [0.2, 0.25) is 5.02 Å². The van der Waals surface area contributed by atoms with Crippen molar-refractivity contribution < 1.29 is 9.53 Å². The Balaban J connectivity index is 1.56. The molecule has 31 heavy (non-hydrogen) atoms. The van der Waals surface area contributed by atoms with Gasteiger partial charge in [0.05, 0.1) is 22.2 Å². The first kappa shape index (κ1) is 20.0. The molecule has 0 saturated heterocycles. The van der Waals surface area contributed by atoms with E-state index in [1.54, 1.807) is 17.7 Å². The molecule has 156 valence electrons. The van der Waals surface area contributed by atoms with Crippen LogP contribution in [0.15, 0.2) is 54.9 Å². The van der Waals surface area contributed by atoms with Gasteiger partial charge < -0.3 is 4.74 Å². The molecule has 0 N–H and O–H groups in total. The van der Waals surface area contributed by atoms with Crippen molar-refractivity contribution in [1.29, 1.82) is 0 Å². The minimum absolute atomic E-state index is 0.228. The number of nitrogens with zero attached hydrogens (tertiary/aromatic N) is 3. The summed E-state index contributed by atoms with van der Waals surface area (Å²) < 4.78 is 7.95. The van der Waals surface area contributed by atoms with Crippen LogP contribution < -0.4 is 4.74 Å². The second kappa shape index (κ2) is 8.29. The zero-order valence-electron chi connectivity index (χ0n) is 17.0. The molecule has 0 spiro atoms. The summed E-state index contributed by atoms with van der Waals surface area (Å²) in [5.41, 5.74) is 4.12. The van der Waals surface area contributed by atoms with Crippen molar-refractivity contribution in [3.63, 3.8) is 0 Å². The van der Waals surface area contributed by atoms with Gasteiger partial charge in [-0.3, -0.25) is 9.36 Å². The molecule has 0 saturated carbocycles. The van der Waals surface area contributed by atoms with Gasteiger partial charge in [0.1, 0.15) is 17.9 Å². The number of ketones is 1. The summed E-state index contributed by atoms with van der Waals surface area (Å²) in [4.78, 5) is 14.1. The van der Waals surface area contributed by atoms with Gasteiger partial charge in [-0.25, -0.2) is 0 Å². The van der Waals surface area contributed by atoms with Crippen molar-refractivity contribution in [1.82, 2.24) is 14.8 Å². The number of benzene rings is 2. The Morgan fingerprint density at radius 1 is 1.23 bits per heavy atom. The summed E-state index contributed by atoms with van der Waals surface area (Å²) in [6.45, 7) is 2.49. The van der Waals surface area contributed by atoms with Crippen molar-refractivity contribution in [3.8, 4) is 32.6 Å². The Kier molecular flexibility index (Phi) is 5.34. The van der Waals surface area contributed by atoms with Crippen LogP contribution >= 0.6 is 22.9 Å². The lowest BCUT2D eigenvalue weighted by Gasteiger charge is -2.10. The third-order valence-corrected chi connectivity index (χ3v) is 6.93. The normalized spacial score (nSPS) is 12.6. The molecule has 1 aliphatic rings. The predicted molar refractivity (Wildman–Crippen MR) is 123 cm³/mol. The van der Waals surface area contributed by atoms with Crippen LogP contribution in [0.4, 0.5) is 0 Å². The first-order chi connectivity index (χ1) is 15.1. The maximum Gasteiger partial charge on any atom is 0.178 e. The maximum absolute atomic E-state index is 11.9. The first-order valence-electron chi connectivity index (χ1n) is 10.2. The summed E-state index contributed by atoms with van der Waals surface area (Å²) >= 11 is 8.09. The van der Waals surface area contributed by atoms with E-state index in [1.807, 2.05) is 47.9 Å². The molecule has 5 nitrogen and oxygen atoms in total. The number of hydrogen-bond donors (Lipinski definition) is 0. The van der Waals surface area contributed by atoms with E-state index in [-0.39, 0.29) is 5.78 Å². The number of para-hydroxylation sites is 1. The van der Waals surface area contributed by atoms with Gasteiger partial charge in [0, 0.05) is 29.7 Å². The monoisotopic (exact) mass is 449 g/mol. The van der Waals surface area contributed by atoms with Crippen molar-refractivity contribution in [3.05, 3.63) is 71.0 Å². The number of rotatable bonds is 5. The fraction of sp³-hybridized carbons (Fsp3) is 0.208. The van der Waals surface area contributed by atoms with Crippen LogP contribution in [0.3, 0.4) is 0 Å². The van der Waals surface area contributed by atoms with Crippen LogP contribution in [-0.4, -0.2) is 27.2 Å². The molecule has 2 aromatic carbocycles. The van der Waals surface area contributed by atoms with Crippen LogP contribution in [0, 0.1) is 0 Å². The Bertz CT molecular complexity index is 1280. The fourth-order valence-electron chi connectivity index (χ4n) is 3.79. The molecule has 5 rings (SSSR count). The Labute approximate surface area is 189 Å². The Morgan fingerprint density at radius 3 is 2.94 bits per heavy atom. The van der Waals surface area contributed by atoms with E-state index in [2.05, 4.69) is 22.3 Å². The van der Waals surface area contributed by atoms with Gasteiger partial charge in [0.15, 0.2) is 5.82 Å². The lowest BCUT2D eigenvalue weighted by atomic mass is 10.0. The van der Waals surface area contributed by atoms with Crippen LogP contribution in [0.5, 0.6) is 5.75 Å². The highest BCUT2D eigenvalue weighted by molar-refractivity contribution is 7.19. The number of Topliss-reactive ketones (excluding diaryl/α,β-unsaturated/α-hetero) is 1. The molecule has 0 amide bonds. The lowest BCUT2D eigenvalue weighted by Crippen LogP contribution is -2.02. The first-order valence-corrected chi connectivity index (χ1v) is 11.4. The second-order valence-electron chi connectivity index (χ2n) is 7.44. The number of fused-ring (bicyclic) bond motifs is 3. The van der Waals surface area contributed by atoms with Crippen LogP contribution in [-0.2, 0) is 17.6 Å². The van der Waals surface area contributed by atoms with Crippen molar-refractivity contribution in [2.75, 3.05) is 6.61 Å². The summed E-state index contributed by atoms with van der Waals surface area (Å²) in [6.07, 6.45) is 3.48. The molecule has 1 aliphatic heterocycles. The van der Waals surface area contributed by atoms with Crippen molar-refractivity contribution in [2.45, 2.75) is 26.2 Å². The molecule has 0 atom stereocenters. The predicted octanol–water partition coefficient (Wildman–Crippen LogP) is 5.77. The summed E-state index contributed by atoms with van der Waals surface area (Å²) in [5.74, 6) is 1.83. The second-order valence-corrected chi connectivity index (χ2v) is 8.90. The van der Waals surface area contributed by atoms with Crippen molar-refractivity contribution in [2.24, 2.45) is 0 Å². The Hall–Kier alpha value is -2.96. The van der Waals surface area contributed by atoms with E-state index in [0.717, 1.165) is 39.7 Å². The molecular weight excluding hydrogens is 430 g/mol. The van der Waals surface area contributed by atoms with E-state index in [1.165, 1.54) is 10.4 Å². The highest BCUT2D eigenvalue weighted by Gasteiger charge is 2.22. The highest BCUT2D eigenvalue weighted by Crippen LogP contribution is 2.44. The summed E-state index contributed by atoms with van der Waals surface area (Å²) in [7, 11) is 0. The van der Waals surface area contributed by atoms with Gasteiger partial charge >= 0.3 is 0 Å². The van der Waals surface area contributed by atoms with Gasteiger partial charge in [-0.2, -0.15) is 0 Å². The highest BCUT2D eigenvalue weighted by atomic mass is 35.5. The number of carbonyl (C=O) groups excluding carboxylic acids is 1. The molecule has 0 unspecified atom stereocenters. The molecule has 2 aromatic heterocycles. The van der Waals surface area contributed by atoms with Gasteiger partial charge in [0.2, 0.25) is 0 Å². The number of hydrogen-bond acceptors (Lipinski definition) is 5. The lowest BCUT2D eigenvalue weighted by molar-refractivity contribution is -0.118. The fourth-order valence-corrected chi connectivity index (χ4v) is 5.24.